The zero-order valence-electron chi connectivity index (χ0n) is 11.9. The summed E-state index contributed by atoms with van der Waals surface area (Å²) in [4.78, 5) is 21.5. The molecule has 0 fully saturated rings. The maximum absolute atomic E-state index is 12.6. The minimum atomic E-state index is -0.0245. The monoisotopic (exact) mass is 293 g/mol. The zero-order chi connectivity index (χ0) is 15.1. The molecule has 22 heavy (non-hydrogen) atoms. The van der Waals surface area contributed by atoms with Crippen LogP contribution in [-0.2, 0) is 13.0 Å². The molecule has 1 aromatic carbocycles. The molecule has 0 amide bonds. The lowest BCUT2D eigenvalue weighted by atomic mass is 10.1. The minimum absolute atomic E-state index is 0.0245. The molecule has 1 N–H and O–H groups in total. The lowest BCUT2D eigenvalue weighted by molar-refractivity contribution is 0.224. The third-order valence-electron chi connectivity index (χ3n) is 4.17. The van der Waals surface area contributed by atoms with E-state index in [0.717, 1.165) is 17.1 Å². The van der Waals surface area contributed by atoms with E-state index in [1.54, 1.807) is 10.8 Å². The molecule has 0 spiro atoms. The van der Waals surface area contributed by atoms with Crippen LogP contribution in [0.5, 0.6) is 0 Å². The molecule has 1 aliphatic rings. The number of fused-ring (bicyclic) bond motifs is 2. The van der Waals surface area contributed by atoms with Gasteiger partial charge < -0.3 is 5.11 Å². The van der Waals surface area contributed by atoms with E-state index < -0.39 is 0 Å². The summed E-state index contributed by atoms with van der Waals surface area (Å²) in [7, 11) is 0. The summed E-state index contributed by atoms with van der Waals surface area (Å²) >= 11 is 0. The molecule has 1 aliphatic heterocycles. The van der Waals surface area contributed by atoms with Crippen LogP contribution in [0.15, 0.2) is 47.4 Å². The number of aromatic nitrogens is 3. The molecule has 5 heteroatoms. The van der Waals surface area contributed by atoms with E-state index in [1.165, 1.54) is 0 Å². The normalized spacial score (nSPS) is 16.9. The molecule has 5 nitrogen and oxygen atoms in total. The number of hydrogen-bond acceptors (Lipinski definition) is 4. The lowest BCUT2D eigenvalue weighted by Gasteiger charge is -2.06. The smallest absolute Gasteiger partial charge is 0.261 e. The van der Waals surface area contributed by atoms with Crippen LogP contribution < -0.4 is 5.56 Å². The van der Waals surface area contributed by atoms with Gasteiger partial charge in [0.1, 0.15) is 5.82 Å². The summed E-state index contributed by atoms with van der Waals surface area (Å²) in [6.45, 7) is 0.633. The van der Waals surface area contributed by atoms with E-state index in [-0.39, 0.29) is 18.1 Å². The first-order chi connectivity index (χ1) is 10.8. The Morgan fingerprint density at radius 3 is 2.95 bits per heavy atom. The largest absolute Gasteiger partial charge is 0.396 e. The highest BCUT2D eigenvalue weighted by Gasteiger charge is 2.24. The maximum Gasteiger partial charge on any atom is 0.261 e. The molecule has 4 rings (SSSR count). The number of benzene rings is 1. The number of pyridine rings is 1. The summed E-state index contributed by atoms with van der Waals surface area (Å²) in [6.07, 6.45) is 2.39. The van der Waals surface area contributed by atoms with Crippen LogP contribution in [0.2, 0.25) is 0 Å². The fourth-order valence-corrected chi connectivity index (χ4v) is 3.01. The van der Waals surface area contributed by atoms with E-state index in [2.05, 4.69) is 9.97 Å². The topological polar surface area (TPSA) is 68.0 Å². The zero-order valence-corrected chi connectivity index (χ0v) is 11.9. The van der Waals surface area contributed by atoms with Gasteiger partial charge in [0.2, 0.25) is 0 Å². The molecule has 0 radical (unpaired) electrons. The van der Waals surface area contributed by atoms with Crippen molar-refractivity contribution >= 4 is 10.9 Å². The van der Waals surface area contributed by atoms with Gasteiger partial charge in [-0.15, -0.1) is 0 Å². The molecular weight excluding hydrogens is 278 g/mol. The van der Waals surface area contributed by atoms with Crippen molar-refractivity contribution < 1.29 is 5.11 Å². The molecule has 0 saturated heterocycles. The molecule has 3 heterocycles. The van der Waals surface area contributed by atoms with Crippen molar-refractivity contribution in [3.8, 4) is 11.3 Å². The first-order valence-electron chi connectivity index (χ1n) is 7.32. The summed E-state index contributed by atoms with van der Waals surface area (Å²) < 4.78 is 1.68. The molecular formula is C17H15N3O2. The Morgan fingerprint density at radius 1 is 1.27 bits per heavy atom. The van der Waals surface area contributed by atoms with Crippen LogP contribution in [0.4, 0.5) is 0 Å². The Kier molecular flexibility index (Phi) is 3.01. The first kappa shape index (κ1) is 13.2. The number of aliphatic hydroxyl groups excluding tert-OH is 1. The van der Waals surface area contributed by atoms with Crippen LogP contribution in [-0.4, -0.2) is 26.2 Å². The van der Waals surface area contributed by atoms with Crippen molar-refractivity contribution in [3.05, 3.63) is 58.8 Å². The fraction of sp³-hybridized carbons (Fsp3) is 0.235. The molecule has 1 unspecified atom stereocenters. The van der Waals surface area contributed by atoms with Crippen LogP contribution in [0.3, 0.4) is 0 Å². The predicted octanol–water partition coefficient (Wildman–Crippen LogP) is 1.62. The van der Waals surface area contributed by atoms with E-state index in [1.807, 2.05) is 36.4 Å². The SMILES string of the molecule is O=c1c2ccc(-c3ccccn3)cc2nc2n1CC(CO)C2. The number of rotatable bonds is 2. The Balaban J connectivity index is 1.89. The van der Waals surface area contributed by atoms with Crippen molar-refractivity contribution in [2.75, 3.05) is 6.61 Å². The Morgan fingerprint density at radius 2 is 2.18 bits per heavy atom. The second-order valence-electron chi connectivity index (χ2n) is 5.64. The van der Waals surface area contributed by atoms with Gasteiger partial charge in [-0.3, -0.25) is 14.3 Å². The highest BCUT2D eigenvalue weighted by atomic mass is 16.3. The second kappa shape index (κ2) is 5.03. The van der Waals surface area contributed by atoms with Crippen LogP contribution in [0, 0.1) is 5.92 Å². The van der Waals surface area contributed by atoms with Crippen molar-refractivity contribution in [2.45, 2.75) is 13.0 Å². The predicted molar refractivity (Wildman–Crippen MR) is 83.5 cm³/mol. The first-order valence-corrected chi connectivity index (χ1v) is 7.32. The third-order valence-corrected chi connectivity index (χ3v) is 4.17. The molecule has 110 valence electrons. The van der Waals surface area contributed by atoms with E-state index in [9.17, 15) is 9.90 Å². The van der Waals surface area contributed by atoms with Crippen molar-refractivity contribution in [3.63, 3.8) is 0 Å². The van der Waals surface area contributed by atoms with Crippen molar-refractivity contribution in [1.29, 1.82) is 0 Å². The number of aliphatic hydroxyl groups is 1. The van der Waals surface area contributed by atoms with Crippen LogP contribution in [0.1, 0.15) is 5.82 Å². The summed E-state index contributed by atoms with van der Waals surface area (Å²) in [5.41, 5.74) is 2.48. The van der Waals surface area contributed by atoms with Crippen molar-refractivity contribution in [1.82, 2.24) is 14.5 Å². The van der Waals surface area contributed by atoms with Gasteiger partial charge in [0.15, 0.2) is 0 Å². The quantitative estimate of drug-likeness (QED) is 0.779. The standard InChI is InChI=1S/C17H15N3O2/c21-10-11-7-16-19-15-8-12(14-3-1-2-6-18-14)4-5-13(15)17(22)20(16)9-11/h1-6,8,11,21H,7,9-10H2. The average molecular weight is 293 g/mol. The van der Waals surface area contributed by atoms with Gasteiger partial charge in [0.25, 0.3) is 5.56 Å². The molecule has 1 atom stereocenters. The minimum Gasteiger partial charge on any atom is -0.396 e. The average Bonchev–Trinajstić information content (AvgIpc) is 2.99. The molecule has 0 aliphatic carbocycles. The van der Waals surface area contributed by atoms with E-state index in [4.69, 9.17) is 0 Å². The van der Waals surface area contributed by atoms with Gasteiger partial charge >= 0.3 is 0 Å². The lowest BCUT2D eigenvalue weighted by Crippen LogP contribution is -2.21. The van der Waals surface area contributed by atoms with E-state index in [0.29, 0.717) is 23.9 Å². The van der Waals surface area contributed by atoms with Crippen LogP contribution in [0.25, 0.3) is 22.2 Å². The summed E-state index contributed by atoms with van der Waals surface area (Å²) in [5, 5.41) is 9.92. The van der Waals surface area contributed by atoms with Gasteiger partial charge in [-0.05, 0) is 24.3 Å². The second-order valence-corrected chi connectivity index (χ2v) is 5.64. The summed E-state index contributed by atoms with van der Waals surface area (Å²) in [5.74, 6) is 0.849. The van der Waals surface area contributed by atoms with Gasteiger partial charge in [0.05, 0.1) is 16.6 Å². The molecule has 0 saturated carbocycles. The Labute approximate surface area is 126 Å². The Hall–Kier alpha value is -2.53. The fourth-order valence-electron chi connectivity index (χ4n) is 3.01. The van der Waals surface area contributed by atoms with Crippen LogP contribution >= 0.6 is 0 Å². The van der Waals surface area contributed by atoms with Gasteiger partial charge in [-0.1, -0.05) is 12.1 Å². The maximum atomic E-state index is 12.6. The number of hydrogen-bond donors (Lipinski definition) is 1. The molecule has 2 aromatic heterocycles. The van der Waals surface area contributed by atoms with Gasteiger partial charge in [-0.2, -0.15) is 0 Å². The summed E-state index contributed by atoms with van der Waals surface area (Å²) in [6, 6.07) is 11.4. The highest BCUT2D eigenvalue weighted by Crippen LogP contribution is 2.23. The van der Waals surface area contributed by atoms with Crippen molar-refractivity contribution in [2.24, 2.45) is 5.92 Å². The van der Waals surface area contributed by atoms with E-state index >= 15 is 0 Å². The number of nitrogens with zero attached hydrogens (tertiary/aromatic N) is 3. The Bertz CT molecular complexity index is 903. The third kappa shape index (κ3) is 2.02. The highest BCUT2D eigenvalue weighted by molar-refractivity contribution is 5.83. The van der Waals surface area contributed by atoms with Gasteiger partial charge in [0, 0.05) is 37.3 Å². The molecule has 3 aromatic rings. The molecule has 0 bridgehead atoms. The van der Waals surface area contributed by atoms with Gasteiger partial charge in [-0.25, -0.2) is 4.98 Å².